The first kappa shape index (κ1) is 17.5. The maximum absolute atomic E-state index is 11.6. The topological polar surface area (TPSA) is 95.5 Å². The van der Waals surface area contributed by atoms with E-state index in [9.17, 15) is 14.4 Å². The Morgan fingerprint density at radius 2 is 1.86 bits per heavy atom. The second-order valence-corrected chi connectivity index (χ2v) is 5.40. The van der Waals surface area contributed by atoms with Crippen LogP contribution in [0.25, 0.3) is 0 Å². The molecule has 114 valence electrons. The van der Waals surface area contributed by atoms with E-state index in [0.717, 1.165) is 0 Å². The number of anilines is 1. The number of benzene rings is 1. The van der Waals surface area contributed by atoms with Crippen LogP contribution in [-0.2, 0) is 9.59 Å². The fourth-order valence-electron chi connectivity index (χ4n) is 1.50. The second kappa shape index (κ2) is 8.63. The van der Waals surface area contributed by atoms with Crippen LogP contribution in [0, 0.1) is 0 Å². The van der Waals surface area contributed by atoms with Crippen molar-refractivity contribution in [1.29, 1.82) is 0 Å². The lowest BCUT2D eigenvalue weighted by molar-refractivity contribution is -0.137. The number of carboxylic acid groups (broad SMARTS) is 1. The normalized spacial score (nSPS) is 10.0. The lowest BCUT2D eigenvalue weighted by atomic mass is 10.2. The van der Waals surface area contributed by atoms with Crippen LogP contribution in [0.4, 0.5) is 10.5 Å². The van der Waals surface area contributed by atoms with E-state index in [1.807, 2.05) is 0 Å². The third kappa shape index (κ3) is 6.59. The van der Waals surface area contributed by atoms with Gasteiger partial charge in [-0.1, -0.05) is 17.7 Å². The molecule has 0 saturated heterocycles. The highest BCUT2D eigenvalue weighted by atomic mass is 79.9. The quantitative estimate of drug-likeness (QED) is 0.662. The van der Waals surface area contributed by atoms with E-state index in [1.54, 1.807) is 18.2 Å². The largest absolute Gasteiger partial charge is 0.481 e. The number of carbonyl (C=O) groups is 3. The first-order valence-electron chi connectivity index (χ1n) is 6.17. The molecule has 1 rings (SSSR count). The minimum Gasteiger partial charge on any atom is -0.481 e. The van der Waals surface area contributed by atoms with Crippen LogP contribution in [0.5, 0.6) is 0 Å². The van der Waals surface area contributed by atoms with Gasteiger partial charge < -0.3 is 10.4 Å². The smallest absolute Gasteiger partial charge is 0.325 e. The van der Waals surface area contributed by atoms with Gasteiger partial charge in [-0.05, 0) is 40.9 Å². The predicted molar refractivity (Wildman–Crippen MR) is 82.4 cm³/mol. The molecule has 1 aromatic carbocycles. The number of aliphatic carboxylic acids is 1. The molecular weight excluding hydrogens is 364 g/mol. The van der Waals surface area contributed by atoms with E-state index in [0.29, 0.717) is 28.0 Å². The third-order valence-electron chi connectivity index (χ3n) is 2.50. The second-order valence-electron chi connectivity index (χ2n) is 4.20. The van der Waals surface area contributed by atoms with Crippen molar-refractivity contribution in [3.05, 3.63) is 27.7 Å². The van der Waals surface area contributed by atoms with E-state index in [2.05, 4.69) is 26.6 Å². The Kier molecular flexibility index (Phi) is 7.18. The minimum absolute atomic E-state index is 0.00887. The van der Waals surface area contributed by atoms with Gasteiger partial charge in [0.1, 0.15) is 0 Å². The summed E-state index contributed by atoms with van der Waals surface area (Å²) in [6.45, 7) is 0. The molecule has 0 spiro atoms. The number of carboxylic acids is 1. The SMILES string of the molecule is O=C(O)CCCCC(=O)NC(=O)Nc1cccc(Cl)c1Br. The van der Waals surface area contributed by atoms with Gasteiger partial charge in [0.25, 0.3) is 0 Å². The highest BCUT2D eigenvalue weighted by Gasteiger charge is 2.11. The predicted octanol–water partition coefficient (Wildman–Crippen LogP) is 3.40. The van der Waals surface area contributed by atoms with Crippen molar-refractivity contribution in [3.8, 4) is 0 Å². The van der Waals surface area contributed by atoms with E-state index < -0.39 is 17.9 Å². The Bertz CT molecular complexity index is 551. The van der Waals surface area contributed by atoms with Gasteiger partial charge in [-0.15, -0.1) is 0 Å². The van der Waals surface area contributed by atoms with Gasteiger partial charge in [-0.2, -0.15) is 0 Å². The zero-order valence-corrected chi connectivity index (χ0v) is 13.3. The van der Waals surface area contributed by atoms with Crippen LogP contribution in [0.1, 0.15) is 25.7 Å². The first-order chi connectivity index (χ1) is 9.90. The monoisotopic (exact) mass is 376 g/mol. The summed E-state index contributed by atoms with van der Waals surface area (Å²) in [4.78, 5) is 33.4. The summed E-state index contributed by atoms with van der Waals surface area (Å²) in [7, 11) is 0. The standard InChI is InChI=1S/C13H14BrClN2O4/c14-12-8(15)4-3-5-9(12)16-13(21)17-10(18)6-1-2-7-11(19)20/h3-5H,1-2,6-7H2,(H,19,20)(H2,16,17,18,21). The molecule has 21 heavy (non-hydrogen) atoms. The molecular formula is C13H14BrClN2O4. The van der Waals surface area contributed by atoms with E-state index in [4.69, 9.17) is 16.7 Å². The van der Waals surface area contributed by atoms with Crippen molar-refractivity contribution in [1.82, 2.24) is 5.32 Å². The molecule has 0 aromatic heterocycles. The molecule has 1 aromatic rings. The zero-order valence-electron chi connectivity index (χ0n) is 11.0. The van der Waals surface area contributed by atoms with Crippen molar-refractivity contribution in [2.45, 2.75) is 25.7 Å². The van der Waals surface area contributed by atoms with Crippen molar-refractivity contribution in [3.63, 3.8) is 0 Å². The van der Waals surface area contributed by atoms with Gasteiger partial charge in [0, 0.05) is 12.8 Å². The minimum atomic E-state index is -0.904. The maximum atomic E-state index is 11.6. The number of nitrogens with one attached hydrogen (secondary N) is 2. The number of unbranched alkanes of at least 4 members (excludes halogenated alkanes) is 1. The van der Waals surface area contributed by atoms with Gasteiger partial charge >= 0.3 is 12.0 Å². The van der Waals surface area contributed by atoms with E-state index >= 15 is 0 Å². The summed E-state index contributed by atoms with van der Waals surface area (Å²) >= 11 is 9.10. The summed E-state index contributed by atoms with van der Waals surface area (Å²) in [6.07, 6.45) is 0.906. The molecule has 0 fully saturated rings. The Morgan fingerprint density at radius 3 is 2.52 bits per heavy atom. The number of urea groups is 1. The van der Waals surface area contributed by atoms with Gasteiger partial charge in [-0.3, -0.25) is 14.9 Å². The summed E-state index contributed by atoms with van der Waals surface area (Å²) < 4.78 is 0.524. The number of imide groups is 1. The van der Waals surface area contributed by atoms with Crippen molar-refractivity contribution in [2.75, 3.05) is 5.32 Å². The highest BCUT2D eigenvalue weighted by molar-refractivity contribution is 9.10. The average Bonchev–Trinajstić information content (AvgIpc) is 2.40. The number of carbonyl (C=O) groups excluding carboxylic acids is 2. The Balaban J connectivity index is 2.38. The van der Waals surface area contributed by atoms with E-state index in [1.165, 1.54) is 0 Å². The molecule has 0 aliphatic rings. The molecule has 3 N–H and O–H groups in total. The summed E-state index contributed by atoms with van der Waals surface area (Å²) in [5, 5.41) is 13.6. The van der Waals surface area contributed by atoms with Gasteiger partial charge in [0.15, 0.2) is 0 Å². The number of rotatable bonds is 6. The number of hydrogen-bond donors (Lipinski definition) is 3. The molecule has 0 aliphatic heterocycles. The van der Waals surface area contributed by atoms with Crippen molar-refractivity contribution >= 4 is 51.1 Å². The highest BCUT2D eigenvalue weighted by Crippen LogP contribution is 2.29. The molecule has 0 saturated carbocycles. The maximum Gasteiger partial charge on any atom is 0.325 e. The summed E-state index contributed by atoms with van der Waals surface area (Å²) in [6, 6.07) is 4.28. The lowest BCUT2D eigenvalue weighted by Gasteiger charge is -2.09. The van der Waals surface area contributed by atoms with Crippen molar-refractivity contribution < 1.29 is 19.5 Å². The van der Waals surface area contributed by atoms with E-state index in [-0.39, 0.29) is 12.8 Å². The molecule has 0 heterocycles. The molecule has 0 aliphatic carbocycles. The van der Waals surface area contributed by atoms with Gasteiger partial charge in [-0.25, -0.2) is 4.79 Å². The van der Waals surface area contributed by atoms with Gasteiger partial charge in [0.2, 0.25) is 5.91 Å². The molecule has 3 amide bonds. The van der Waals surface area contributed by atoms with Crippen LogP contribution in [-0.4, -0.2) is 23.0 Å². The molecule has 0 bridgehead atoms. The lowest BCUT2D eigenvalue weighted by Crippen LogP contribution is -2.34. The van der Waals surface area contributed by atoms with Crippen LogP contribution >= 0.6 is 27.5 Å². The third-order valence-corrected chi connectivity index (χ3v) is 3.89. The summed E-state index contributed by atoms with van der Waals surface area (Å²) in [5.41, 5.74) is 0.443. The number of halogens is 2. The first-order valence-corrected chi connectivity index (χ1v) is 7.34. The molecule has 0 unspecified atom stereocenters. The Labute approximate surface area is 135 Å². The summed E-state index contributed by atoms with van der Waals surface area (Å²) in [5.74, 6) is -1.37. The molecule has 0 atom stereocenters. The van der Waals surface area contributed by atoms with Crippen LogP contribution in [0.3, 0.4) is 0 Å². The molecule has 6 nitrogen and oxygen atoms in total. The zero-order chi connectivity index (χ0) is 15.8. The van der Waals surface area contributed by atoms with Crippen LogP contribution < -0.4 is 10.6 Å². The number of amides is 3. The molecule has 0 radical (unpaired) electrons. The average molecular weight is 378 g/mol. The Hall–Kier alpha value is -1.60. The fourth-order valence-corrected chi connectivity index (χ4v) is 2.04. The van der Waals surface area contributed by atoms with Crippen LogP contribution in [0.15, 0.2) is 22.7 Å². The van der Waals surface area contributed by atoms with Gasteiger partial charge in [0.05, 0.1) is 15.2 Å². The number of hydrogen-bond acceptors (Lipinski definition) is 3. The fraction of sp³-hybridized carbons (Fsp3) is 0.308. The molecule has 8 heteroatoms. The Morgan fingerprint density at radius 1 is 1.19 bits per heavy atom. The van der Waals surface area contributed by atoms with Crippen LogP contribution in [0.2, 0.25) is 5.02 Å². The van der Waals surface area contributed by atoms with Crippen molar-refractivity contribution in [2.24, 2.45) is 0 Å².